The largest absolute Gasteiger partial charge is 0.465 e. The van der Waals surface area contributed by atoms with E-state index in [2.05, 4.69) is 10.1 Å². The van der Waals surface area contributed by atoms with Gasteiger partial charge < -0.3 is 67.7 Å². The maximum Gasteiger partial charge on any atom is 0.308 e. The molecule has 3 saturated heterocycles. The highest BCUT2D eigenvalue weighted by Gasteiger charge is 2.48. The number of thiophene rings is 1. The number of carbonyl (C=O) groups excluding carboxylic acids is 2. The van der Waals surface area contributed by atoms with Crippen LogP contribution in [0.3, 0.4) is 0 Å². The average Bonchev–Trinajstić information content (AvgIpc) is 3.84. The van der Waals surface area contributed by atoms with Crippen LogP contribution in [0.1, 0.15) is 71.8 Å². The Morgan fingerprint density at radius 1 is 0.914 bits per heavy atom. The predicted octanol–water partition coefficient (Wildman–Crippen LogP) is 4.90. The number of likely N-dealkylation sites (N-methyl/N-ethyl adjacent to an activating group) is 1. The van der Waals surface area contributed by atoms with Crippen molar-refractivity contribution >= 4 is 28.8 Å². The second-order valence-corrected chi connectivity index (χ2v) is 20.4. The Hall–Kier alpha value is -3.54. The topological polar surface area (TPSA) is 216 Å². The van der Waals surface area contributed by atoms with E-state index in [0.29, 0.717) is 18.6 Å². The number of esters is 1. The Kier molecular flexibility index (Phi) is 21.1. The predicted molar refractivity (Wildman–Crippen MR) is 260 cm³/mol. The van der Waals surface area contributed by atoms with Crippen molar-refractivity contribution in [3.63, 3.8) is 0 Å². The molecular weight excluding hydrogens is 927 g/mol. The molecule has 4 aliphatic heterocycles. The number of aliphatic hydroxyl groups is 3. The van der Waals surface area contributed by atoms with Gasteiger partial charge in [0.25, 0.3) is 0 Å². The van der Waals surface area contributed by atoms with E-state index < -0.39 is 103 Å². The van der Waals surface area contributed by atoms with E-state index in [1.165, 1.54) is 14.2 Å². The Morgan fingerprint density at radius 2 is 1.66 bits per heavy atom. The monoisotopic (exact) mass is 1000 g/mol. The van der Waals surface area contributed by atoms with Crippen molar-refractivity contribution in [2.45, 2.75) is 140 Å². The molecular formula is C51H75N3O15S. The number of cyclic esters (lactones) is 1. The fourth-order valence-corrected chi connectivity index (χ4v) is 10.5. The fourth-order valence-electron chi connectivity index (χ4n) is 9.53. The molecule has 0 aliphatic carbocycles. The number of hydrogen-bond acceptors (Lipinski definition) is 19. The maximum absolute atomic E-state index is 14.2. The molecule has 6 heterocycles. The zero-order valence-corrected chi connectivity index (χ0v) is 43.0. The number of oxime groups is 1. The first kappa shape index (κ1) is 55.8. The number of rotatable bonds is 12. The molecule has 6 rings (SSSR count). The lowest BCUT2D eigenvalue weighted by Gasteiger charge is -2.47. The number of hydrogen-bond donors (Lipinski definition) is 3. The molecule has 0 amide bonds. The second-order valence-electron chi connectivity index (χ2n) is 19.2. The minimum atomic E-state index is -1.25. The number of methoxy groups -OCH3 is 2. The summed E-state index contributed by atoms with van der Waals surface area (Å²) in [5.74, 6) is -2.59. The van der Waals surface area contributed by atoms with Crippen LogP contribution in [-0.4, -0.2) is 178 Å². The van der Waals surface area contributed by atoms with Gasteiger partial charge in [0.1, 0.15) is 30.1 Å². The number of carbonyl (C=O) groups is 2. The second kappa shape index (κ2) is 26.4. The van der Waals surface area contributed by atoms with Gasteiger partial charge in [-0.1, -0.05) is 42.8 Å². The van der Waals surface area contributed by atoms with Crippen LogP contribution in [0.4, 0.5) is 0 Å². The summed E-state index contributed by atoms with van der Waals surface area (Å²) < 4.78 is 55.6. The molecule has 0 radical (unpaired) electrons. The smallest absolute Gasteiger partial charge is 0.308 e. The highest BCUT2D eigenvalue weighted by Crippen LogP contribution is 2.37. The number of ketones is 1. The standard InChI is InChI=1S/C51H75N3O15S/c1-28-14-15-38(55)29(2)22-35-18-20-62-26-36(53-69-31(4)40-16-17-41(70-40)37-13-11-12-19-52-37)27-63-39(30(3)47(35)68-50-46(59)43(54(7)8)44(57)32(5)66-50)23-42(56)64-24-34(21-28)25-65-51-49(61-10)48(60-9)45(58)33(6)67-51/h11-17,19,21,29-35,39,43-51,57-59H,18,20,22-27H2,1-10H3/b15-14+,28-21+,53-36+/t29-,30+,31+,32-,33-,34+,35?,39-,43+,44-,45-,46-,47-,48-,49-,50+,51-/m1/s1. The summed E-state index contributed by atoms with van der Waals surface area (Å²) in [6.45, 7) is 11.2. The normalized spacial score (nSPS) is 37.8. The molecule has 18 nitrogen and oxygen atoms in total. The molecule has 17 atom stereocenters. The van der Waals surface area contributed by atoms with Crippen molar-refractivity contribution in [1.82, 2.24) is 9.88 Å². The van der Waals surface area contributed by atoms with Crippen LogP contribution in [0.2, 0.25) is 0 Å². The molecule has 4 aliphatic rings. The van der Waals surface area contributed by atoms with E-state index in [9.17, 15) is 24.9 Å². The molecule has 3 fully saturated rings. The third-order valence-corrected chi connectivity index (χ3v) is 14.9. The van der Waals surface area contributed by atoms with Gasteiger partial charge in [-0.3, -0.25) is 14.6 Å². The maximum atomic E-state index is 14.2. The molecule has 0 spiro atoms. The van der Waals surface area contributed by atoms with Gasteiger partial charge in [-0.15, -0.1) is 11.3 Å². The minimum absolute atomic E-state index is 0.0272. The van der Waals surface area contributed by atoms with Gasteiger partial charge in [-0.05, 0) is 90.9 Å². The highest BCUT2D eigenvalue weighted by molar-refractivity contribution is 7.15. The average molecular weight is 1000 g/mol. The zero-order valence-electron chi connectivity index (χ0n) is 42.2. The number of allylic oxidation sites excluding steroid dienone is 3. The Bertz CT molecular complexity index is 2050. The highest BCUT2D eigenvalue weighted by atomic mass is 32.1. The summed E-state index contributed by atoms with van der Waals surface area (Å²) in [6.07, 6.45) is -2.59. The Labute approximate surface area is 416 Å². The van der Waals surface area contributed by atoms with Crippen LogP contribution in [-0.2, 0) is 57.1 Å². The number of pyridine rings is 1. The molecule has 2 aromatic heterocycles. The summed E-state index contributed by atoms with van der Waals surface area (Å²) >= 11 is 1.56. The SMILES string of the molecule is CO[C@@H]1[C@H](O)[C@@H](C)O[C@@H](OC[C@H]2/C=C(C)/C=C/C(=O)[C@H](C)CC3CCOC/C(=N\O[C@@H](C)c4ccc(-c5ccccn5)s4)CO[C@H](CC(=O)OC2)[C@H](C)[C@H]3O[C@@H]2O[C@H](C)[C@@H](O)[C@H](N(C)C)[C@H]2O)[C@@H]1OC. The van der Waals surface area contributed by atoms with Gasteiger partial charge >= 0.3 is 5.97 Å². The van der Waals surface area contributed by atoms with Crippen molar-refractivity contribution < 1.29 is 72.4 Å². The molecule has 0 saturated carbocycles. The van der Waals surface area contributed by atoms with Gasteiger partial charge in [-0.2, -0.15) is 0 Å². The van der Waals surface area contributed by atoms with Crippen molar-refractivity contribution in [2.24, 2.45) is 28.8 Å². The van der Waals surface area contributed by atoms with Crippen LogP contribution in [0.15, 0.2) is 65.5 Å². The molecule has 2 bridgehead atoms. The van der Waals surface area contributed by atoms with Gasteiger partial charge in [-0.25, -0.2) is 0 Å². The van der Waals surface area contributed by atoms with Crippen molar-refractivity contribution in [2.75, 3.05) is 61.3 Å². The van der Waals surface area contributed by atoms with Crippen molar-refractivity contribution in [3.8, 4) is 10.6 Å². The van der Waals surface area contributed by atoms with Gasteiger partial charge in [0.15, 0.2) is 24.5 Å². The van der Waals surface area contributed by atoms with E-state index >= 15 is 0 Å². The molecule has 1 unspecified atom stereocenters. The van der Waals surface area contributed by atoms with E-state index in [1.54, 1.807) is 62.5 Å². The third-order valence-electron chi connectivity index (χ3n) is 13.7. The zero-order chi connectivity index (χ0) is 50.6. The summed E-state index contributed by atoms with van der Waals surface area (Å²) in [6, 6.07) is 9.05. The summed E-state index contributed by atoms with van der Waals surface area (Å²) in [5, 5.41) is 38.1. The van der Waals surface area contributed by atoms with Crippen molar-refractivity contribution in [1.29, 1.82) is 0 Å². The molecule has 2 aromatic rings. The van der Waals surface area contributed by atoms with Crippen LogP contribution in [0.25, 0.3) is 10.6 Å². The number of fused-ring (bicyclic) bond motifs is 3. The van der Waals surface area contributed by atoms with E-state index in [0.717, 1.165) is 21.0 Å². The van der Waals surface area contributed by atoms with Gasteiger partial charge in [0.2, 0.25) is 0 Å². The molecule has 0 aromatic carbocycles. The first-order chi connectivity index (χ1) is 33.5. The van der Waals surface area contributed by atoms with Crippen LogP contribution < -0.4 is 0 Å². The molecule has 3 N–H and O–H groups in total. The first-order valence-electron chi connectivity index (χ1n) is 24.3. The minimum Gasteiger partial charge on any atom is -0.465 e. The van der Waals surface area contributed by atoms with Crippen LogP contribution in [0, 0.1) is 23.7 Å². The van der Waals surface area contributed by atoms with E-state index in [4.69, 9.17) is 47.5 Å². The lowest BCUT2D eigenvalue weighted by Crippen LogP contribution is -2.63. The quantitative estimate of drug-likeness (QED) is 0.191. The number of ether oxygens (including phenoxy) is 9. The Balaban J connectivity index is 1.30. The molecule has 19 heteroatoms. The lowest BCUT2D eigenvalue weighted by molar-refractivity contribution is -0.305. The van der Waals surface area contributed by atoms with Crippen LogP contribution in [0.5, 0.6) is 0 Å². The van der Waals surface area contributed by atoms with Crippen LogP contribution >= 0.6 is 11.3 Å². The van der Waals surface area contributed by atoms with Crippen molar-refractivity contribution in [3.05, 3.63) is 65.2 Å². The van der Waals surface area contributed by atoms with E-state index in [1.807, 2.05) is 64.1 Å². The summed E-state index contributed by atoms with van der Waals surface area (Å²) in [5.41, 5.74) is 2.05. The number of aromatic nitrogens is 1. The summed E-state index contributed by atoms with van der Waals surface area (Å²) in [4.78, 5) is 42.4. The van der Waals surface area contributed by atoms with Gasteiger partial charge in [0.05, 0.1) is 80.0 Å². The third kappa shape index (κ3) is 14.6. The Morgan fingerprint density at radius 3 is 2.37 bits per heavy atom. The summed E-state index contributed by atoms with van der Waals surface area (Å²) in [7, 11) is 6.51. The van der Waals surface area contributed by atoms with Gasteiger partial charge in [0, 0.05) is 49.7 Å². The first-order valence-corrected chi connectivity index (χ1v) is 25.1. The van der Waals surface area contributed by atoms with E-state index in [-0.39, 0.29) is 51.2 Å². The number of aliphatic hydroxyl groups excluding tert-OH is 3. The number of nitrogens with zero attached hydrogens (tertiary/aromatic N) is 3. The fraction of sp³-hybridized carbons (Fsp3) is 0.686. The molecule has 390 valence electrons. The lowest BCUT2D eigenvalue weighted by atomic mass is 9.79. The molecule has 70 heavy (non-hydrogen) atoms.